The van der Waals surface area contributed by atoms with Crippen LogP contribution in [0.3, 0.4) is 0 Å². The number of hydrogen-bond donors (Lipinski definition) is 1. The van der Waals surface area contributed by atoms with Crippen molar-refractivity contribution in [3.05, 3.63) is 64.3 Å². The molecule has 0 aliphatic carbocycles. The molecule has 172 valence electrons. The number of amides is 1. The molecular formula is C26H27ClN2O3S. The summed E-state index contributed by atoms with van der Waals surface area (Å²) in [5, 5.41) is 12.4. The predicted molar refractivity (Wildman–Crippen MR) is 132 cm³/mol. The van der Waals surface area contributed by atoms with Gasteiger partial charge in [-0.2, -0.15) is 0 Å². The lowest BCUT2D eigenvalue weighted by atomic mass is 9.94. The van der Waals surface area contributed by atoms with E-state index < -0.39 is 0 Å². The number of aromatic nitrogens is 1. The maximum Gasteiger partial charge on any atom is 0.253 e. The summed E-state index contributed by atoms with van der Waals surface area (Å²) in [5.41, 5.74) is 4.96. The Morgan fingerprint density at radius 1 is 1.06 bits per heavy atom. The summed E-state index contributed by atoms with van der Waals surface area (Å²) in [6.45, 7) is 2.76. The molecule has 4 heterocycles. The molecule has 2 aliphatic heterocycles. The van der Waals surface area contributed by atoms with E-state index in [-0.39, 0.29) is 12.0 Å². The highest BCUT2D eigenvalue weighted by Gasteiger charge is 2.23. The van der Waals surface area contributed by atoms with Crippen LogP contribution in [-0.4, -0.2) is 53.3 Å². The number of carbonyl (C=O) groups is 1. The number of likely N-dealkylation sites (tertiary alicyclic amines) is 1. The molecule has 5 rings (SSSR count). The zero-order valence-corrected chi connectivity index (χ0v) is 19.9. The maximum atomic E-state index is 12.8. The Balaban J connectivity index is 1.34. The van der Waals surface area contributed by atoms with Gasteiger partial charge in [-0.05, 0) is 72.5 Å². The molecule has 2 saturated heterocycles. The van der Waals surface area contributed by atoms with Crippen LogP contribution in [0.5, 0.6) is 0 Å². The van der Waals surface area contributed by atoms with E-state index in [4.69, 9.17) is 16.3 Å². The minimum Gasteiger partial charge on any atom is -0.393 e. The van der Waals surface area contributed by atoms with Crippen LogP contribution in [0.1, 0.15) is 47.7 Å². The molecule has 0 unspecified atom stereocenters. The van der Waals surface area contributed by atoms with Crippen LogP contribution in [0, 0.1) is 0 Å². The molecule has 2 fully saturated rings. The number of thiophene rings is 1. The van der Waals surface area contributed by atoms with Gasteiger partial charge < -0.3 is 14.7 Å². The quantitative estimate of drug-likeness (QED) is 0.524. The Bertz CT molecular complexity index is 1130. The lowest BCUT2D eigenvalue weighted by Crippen LogP contribution is -2.40. The van der Waals surface area contributed by atoms with Crippen molar-refractivity contribution in [2.75, 3.05) is 26.3 Å². The molecule has 2 aliphatic rings. The van der Waals surface area contributed by atoms with Crippen LogP contribution in [0.15, 0.2) is 48.0 Å². The van der Waals surface area contributed by atoms with Crippen molar-refractivity contribution >= 4 is 28.8 Å². The monoisotopic (exact) mass is 482 g/mol. The second kappa shape index (κ2) is 9.94. The van der Waals surface area contributed by atoms with Crippen molar-refractivity contribution in [1.82, 2.24) is 9.88 Å². The third-order valence-corrected chi connectivity index (χ3v) is 7.86. The minimum atomic E-state index is -0.304. The summed E-state index contributed by atoms with van der Waals surface area (Å²) >= 11 is 8.27. The molecule has 7 heteroatoms. The number of nitrogens with zero attached hydrogens (tertiary/aromatic N) is 2. The summed E-state index contributed by atoms with van der Waals surface area (Å²) in [6.07, 6.45) is 4.88. The lowest BCUT2D eigenvalue weighted by molar-refractivity contribution is 0.0546. The van der Waals surface area contributed by atoms with Crippen molar-refractivity contribution in [2.24, 2.45) is 0 Å². The third-order valence-electron chi connectivity index (χ3n) is 6.59. The molecule has 0 spiro atoms. The fourth-order valence-corrected chi connectivity index (χ4v) is 5.87. The smallest absolute Gasteiger partial charge is 0.253 e. The van der Waals surface area contributed by atoms with Crippen molar-refractivity contribution < 1.29 is 14.6 Å². The van der Waals surface area contributed by atoms with Crippen molar-refractivity contribution in [2.45, 2.75) is 37.7 Å². The first-order valence-corrected chi connectivity index (χ1v) is 12.7. The van der Waals surface area contributed by atoms with Gasteiger partial charge in [0.2, 0.25) is 0 Å². The number of piperidine rings is 1. The van der Waals surface area contributed by atoms with E-state index in [9.17, 15) is 9.90 Å². The number of rotatable bonds is 4. The van der Waals surface area contributed by atoms with Crippen LogP contribution in [0.25, 0.3) is 21.6 Å². The van der Waals surface area contributed by atoms with Crippen LogP contribution in [-0.2, 0) is 4.74 Å². The topological polar surface area (TPSA) is 62.7 Å². The molecule has 5 nitrogen and oxygen atoms in total. The third kappa shape index (κ3) is 4.99. The second-order valence-electron chi connectivity index (χ2n) is 8.77. The Morgan fingerprint density at radius 3 is 2.61 bits per heavy atom. The number of aliphatic hydroxyl groups excluding tert-OH is 1. The Hall–Kier alpha value is -2.25. The minimum absolute atomic E-state index is 0.0281. The molecule has 1 amide bonds. The first kappa shape index (κ1) is 22.5. The highest BCUT2D eigenvalue weighted by Crippen LogP contribution is 2.37. The molecule has 0 saturated carbocycles. The molecule has 1 N–H and O–H groups in total. The number of ether oxygens (including phenoxy) is 1. The summed E-state index contributed by atoms with van der Waals surface area (Å²) in [7, 11) is 0. The van der Waals surface area contributed by atoms with E-state index >= 15 is 0 Å². The number of aliphatic hydroxyl groups is 1. The van der Waals surface area contributed by atoms with Crippen LogP contribution in [0.4, 0.5) is 0 Å². The van der Waals surface area contributed by atoms with E-state index in [1.165, 1.54) is 0 Å². The molecular weight excluding hydrogens is 456 g/mol. The molecule has 1 aromatic carbocycles. The fraction of sp³-hybridized carbons (Fsp3) is 0.385. The van der Waals surface area contributed by atoms with Crippen LogP contribution in [0.2, 0.25) is 5.02 Å². The number of halogens is 1. The maximum absolute atomic E-state index is 12.8. The van der Waals surface area contributed by atoms with Gasteiger partial charge in [-0.15, -0.1) is 11.3 Å². The summed E-state index contributed by atoms with van der Waals surface area (Å²) in [6, 6.07) is 11.9. The lowest BCUT2D eigenvalue weighted by Gasteiger charge is -2.29. The molecule has 33 heavy (non-hydrogen) atoms. The summed E-state index contributed by atoms with van der Waals surface area (Å²) < 4.78 is 5.49. The van der Waals surface area contributed by atoms with Gasteiger partial charge in [0.15, 0.2) is 0 Å². The molecule has 0 radical (unpaired) electrons. The van der Waals surface area contributed by atoms with Crippen molar-refractivity contribution in [3.8, 4) is 21.6 Å². The standard InChI is InChI=1S/C26H27ClN2O3S/c27-23-13-19(26(31)29-9-4-21(30)5-10-29)1-2-22(23)25-15-20(16-33-25)18-3-8-28-24(14-18)17-6-11-32-12-7-17/h1-3,8,13-17,21,30H,4-7,9-12H2. The molecule has 2 aromatic heterocycles. The van der Waals surface area contributed by atoms with Gasteiger partial charge in [-0.1, -0.05) is 17.7 Å². The zero-order valence-electron chi connectivity index (χ0n) is 18.4. The molecule has 3 aromatic rings. The van der Waals surface area contributed by atoms with E-state index in [2.05, 4.69) is 22.5 Å². The van der Waals surface area contributed by atoms with Gasteiger partial charge in [0, 0.05) is 60.1 Å². The molecule has 0 atom stereocenters. The second-order valence-corrected chi connectivity index (χ2v) is 10.1. The Morgan fingerprint density at radius 2 is 1.85 bits per heavy atom. The first-order chi connectivity index (χ1) is 16.1. The highest BCUT2D eigenvalue weighted by molar-refractivity contribution is 7.14. The van der Waals surface area contributed by atoms with Gasteiger partial charge in [-0.3, -0.25) is 9.78 Å². The number of hydrogen-bond acceptors (Lipinski definition) is 5. The van der Waals surface area contributed by atoms with Gasteiger partial charge in [0.05, 0.1) is 11.1 Å². The van der Waals surface area contributed by atoms with E-state index in [1.807, 2.05) is 24.4 Å². The first-order valence-electron chi connectivity index (χ1n) is 11.5. The average molecular weight is 483 g/mol. The van der Waals surface area contributed by atoms with Crippen LogP contribution < -0.4 is 0 Å². The van der Waals surface area contributed by atoms with E-state index in [1.54, 1.807) is 22.3 Å². The van der Waals surface area contributed by atoms with Crippen LogP contribution >= 0.6 is 22.9 Å². The Labute approximate surface area is 203 Å². The SMILES string of the molecule is O=C(c1ccc(-c2cc(-c3ccnc(C4CCOCC4)c3)cs2)c(Cl)c1)N1CCC(O)CC1. The van der Waals surface area contributed by atoms with E-state index in [0.717, 1.165) is 53.3 Å². The van der Waals surface area contributed by atoms with Gasteiger partial charge >= 0.3 is 0 Å². The van der Waals surface area contributed by atoms with Crippen molar-refractivity contribution in [1.29, 1.82) is 0 Å². The normalized spacial score (nSPS) is 17.9. The predicted octanol–water partition coefficient (Wildman–Crippen LogP) is 5.62. The number of benzene rings is 1. The number of carbonyl (C=O) groups excluding carboxylic acids is 1. The molecule has 0 bridgehead atoms. The Kier molecular flexibility index (Phi) is 6.79. The number of pyridine rings is 1. The highest BCUT2D eigenvalue weighted by atomic mass is 35.5. The van der Waals surface area contributed by atoms with Gasteiger partial charge in [-0.25, -0.2) is 0 Å². The fourth-order valence-electron chi connectivity index (χ4n) is 4.57. The largest absolute Gasteiger partial charge is 0.393 e. The average Bonchev–Trinajstić information content (AvgIpc) is 3.35. The van der Waals surface area contributed by atoms with E-state index in [0.29, 0.717) is 42.4 Å². The zero-order chi connectivity index (χ0) is 22.8. The summed E-state index contributed by atoms with van der Waals surface area (Å²) in [4.78, 5) is 20.3. The summed E-state index contributed by atoms with van der Waals surface area (Å²) in [5.74, 6) is 0.430. The van der Waals surface area contributed by atoms with Gasteiger partial charge in [0.25, 0.3) is 5.91 Å². The van der Waals surface area contributed by atoms with Crippen molar-refractivity contribution in [3.63, 3.8) is 0 Å². The van der Waals surface area contributed by atoms with Gasteiger partial charge in [0.1, 0.15) is 0 Å².